The number of hydrogen-bond acceptors (Lipinski definition) is 5. The summed E-state index contributed by atoms with van der Waals surface area (Å²) in [6.07, 6.45) is 4.38. The monoisotopic (exact) mass is 269 g/mol. The van der Waals surface area contributed by atoms with Crippen LogP contribution in [-0.2, 0) is 19.2 Å². The van der Waals surface area contributed by atoms with Crippen molar-refractivity contribution in [2.24, 2.45) is 5.73 Å². The largest absolute Gasteiger partial charge is 0.349 e. The highest BCUT2D eigenvalue weighted by atomic mass is 16.7. The van der Waals surface area contributed by atoms with E-state index in [1.54, 1.807) is 5.48 Å². The van der Waals surface area contributed by atoms with Gasteiger partial charge in [0.15, 0.2) is 0 Å². The van der Waals surface area contributed by atoms with Crippen molar-refractivity contribution in [2.75, 3.05) is 6.54 Å². The SMILES string of the molecule is NC(=O)NOC(=O)CCCCCN1C(=O)C=CC1=O. The summed E-state index contributed by atoms with van der Waals surface area (Å²) in [5, 5.41) is 0. The number of unbranched alkanes of at least 4 members (excludes halogenated alkanes) is 2. The number of rotatable bonds is 6. The predicted molar refractivity (Wildman–Crippen MR) is 63.1 cm³/mol. The highest BCUT2D eigenvalue weighted by molar-refractivity contribution is 6.12. The molecule has 0 unspecified atom stereocenters. The van der Waals surface area contributed by atoms with Crippen molar-refractivity contribution in [1.82, 2.24) is 10.4 Å². The fourth-order valence-corrected chi connectivity index (χ4v) is 1.53. The smallest absolute Gasteiger partial charge is 0.345 e. The van der Waals surface area contributed by atoms with Crippen LogP contribution in [-0.4, -0.2) is 35.3 Å². The summed E-state index contributed by atoms with van der Waals surface area (Å²) in [5.41, 5.74) is 6.44. The maximum Gasteiger partial charge on any atom is 0.345 e. The Morgan fingerprint density at radius 2 is 1.79 bits per heavy atom. The van der Waals surface area contributed by atoms with Crippen molar-refractivity contribution >= 4 is 23.8 Å². The van der Waals surface area contributed by atoms with Crippen molar-refractivity contribution in [2.45, 2.75) is 25.7 Å². The molecule has 3 N–H and O–H groups in total. The number of nitrogens with zero attached hydrogens (tertiary/aromatic N) is 1. The Morgan fingerprint density at radius 3 is 2.37 bits per heavy atom. The third-order valence-electron chi connectivity index (χ3n) is 2.43. The molecule has 0 atom stereocenters. The van der Waals surface area contributed by atoms with E-state index in [1.807, 2.05) is 0 Å². The number of carbonyl (C=O) groups is 4. The van der Waals surface area contributed by atoms with Crippen LogP contribution in [0.15, 0.2) is 12.2 Å². The Balaban J connectivity index is 2.05. The number of primary amides is 1. The summed E-state index contributed by atoms with van der Waals surface area (Å²) in [5.74, 6) is -1.21. The van der Waals surface area contributed by atoms with E-state index in [9.17, 15) is 19.2 Å². The lowest BCUT2D eigenvalue weighted by molar-refractivity contribution is -0.148. The molecule has 1 aliphatic rings. The lowest BCUT2D eigenvalue weighted by Crippen LogP contribution is -2.32. The minimum atomic E-state index is -0.938. The Morgan fingerprint density at radius 1 is 1.16 bits per heavy atom. The van der Waals surface area contributed by atoms with Gasteiger partial charge in [-0.1, -0.05) is 6.42 Å². The van der Waals surface area contributed by atoms with Gasteiger partial charge in [0.1, 0.15) is 0 Å². The average Bonchev–Trinajstić information content (AvgIpc) is 2.67. The van der Waals surface area contributed by atoms with E-state index in [2.05, 4.69) is 4.84 Å². The molecule has 1 rings (SSSR count). The van der Waals surface area contributed by atoms with E-state index >= 15 is 0 Å². The summed E-state index contributed by atoms with van der Waals surface area (Å²) in [6, 6.07) is -0.938. The van der Waals surface area contributed by atoms with Crippen LogP contribution < -0.4 is 11.2 Å². The fraction of sp³-hybridized carbons (Fsp3) is 0.455. The summed E-state index contributed by atoms with van der Waals surface area (Å²) < 4.78 is 0. The molecular weight excluding hydrogens is 254 g/mol. The molecule has 0 saturated heterocycles. The van der Waals surface area contributed by atoms with Gasteiger partial charge in [-0.05, 0) is 12.8 Å². The molecule has 1 aliphatic heterocycles. The zero-order chi connectivity index (χ0) is 14.3. The molecule has 0 bridgehead atoms. The summed E-state index contributed by atoms with van der Waals surface area (Å²) in [4.78, 5) is 49.2. The molecule has 0 saturated carbocycles. The maximum atomic E-state index is 11.2. The van der Waals surface area contributed by atoms with Gasteiger partial charge in [-0.2, -0.15) is 5.48 Å². The Bertz CT molecular complexity index is 401. The first-order valence-electron chi connectivity index (χ1n) is 5.79. The van der Waals surface area contributed by atoms with Gasteiger partial charge in [-0.15, -0.1) is 0 Å². The summed E-state index contributed by atoms with van der Waals surface area (Å²) in [7, 11) is 0. The van der Waals surface area contributed by atoms with Gasteiger partial charge in [0, 0.05) is 25.1 Å². The molecule has 4 amide bonds. The van der Waals surface area contributed by atoms with Crippen molar-refractivity contribution in [3.63, 3.8) is 0 Å². The van der Waals surface area contributed by atoms with Crippen LogP contribution >= 0.6 is 0 Å². The van der Waals surface area contributed by atoms with E-state index in [0.29, 0.717) is 25.8 Å². The van der Waals surface area contributed by atoms with Crippen molar-refractivity contribution in [3.8, 4) is 0 Å². The standard InChI is InChI=1S/C11H15N3O5/c12-11(18)13-19-10(17)4-2-1-3-7-14-8(15)5-6-9(14)16/h5-6H,1-4,7H2,(H3,12,13,18). The van der Waals surface area contributed by atoms with Crippen LogP contribution in [0.25, 0.3) is 0 Å². The lowest BCUT2D eigenvalue weighted by atomic mass is 10.2. The molecular formula is C11H15N3O5. The highest BCUT2D eigenvalue weighted by Crippen LogP contribution is 2.07. The van der Waals surface area contributed by atoms with E-state index < -0.39 is 12.0 Å². The van der Waals surface area contributed by atoms with Crippen LogP contribution in [0, 0.1) is 0 Å². The molecule has 0 aliphatic carbocycles. The van der Waals surface area contributed by atoms with Gasteiger partial charge < -0.3 is 10.6 Å². The zero-order valence-corrected chi connectivity index (χ0v) is 10.3. The first-order valence-corrected chi connectivity index (χ1v) is 5.79. The third-order valence-corrected chi connectivity index (χ3v) is 2.43. The van der Waals surface area contributed by atoms with Gasteiger partial charge in [0.2, 0.25) is 0 Å². The molecule has 0 fully saturated rings. The van der Waals surface area contributed by atoms with Crippen LogP contribution in [0.2, 0.25) is 0 Å². The van der Waals surface area contributed by atoms with Crippen molar-refractivity contribution < 1.29 is 24.0 Å². The molecule has 8 nitrogen and oxygen atoms in total. The molecule has 19 heavy (non-hydrogen) atoms. The van der Waals surface area contributed by atoms with Crippen LogP contribution in [0.5, 0.6) is 0 Å². The number of carbonyl (C=O) groups excluding carboxylic acids is 4. The molecule has 0 aromatic heterocycles. The number of imide groups is 1. The second-order valence-electron chi connectivity index (χ2n) is 3.91. The topological polar surface area (TPSA) is 119 Å². The fourth-order valence-electron chi connectivity index (χ4n) is 1.53. The Labute approximate surface area is 109 Å². The van der Waals surface area contributed by atoms with E-state index in [0.717, 1.165) is 4.90 Å². The minimum Gasteiger partial charge on any atom is -0.349 e. The van der Waals surface area contributed by atoms with E-state index in [1.165, 1.54) is 12.2 Å². The molecule has 0 aromatic rings. The first kappa shape index (κ1) is 14.7. The molecule has 0 radical (unpaired) electrons. The Kier molecular flexibility index (Phi) is 5.52. The average molecular weight is 269 g/mol. The number of nitrogens with one attached hydrogen (secondary N) is 1. The van der Waals surface area contributed by atoms with E-state index in [4.69, 9.17) is 5.73 Å². The number of hydrogen-bond donors (Lipinski definition) is 2. The maximum absolute atomic E-state index is 11.2. The number of amides is 4. The minimum absolute atomic E-state index is 0.125. The molecule has 1 heterocycles. The second kappa shape index (κ2) is 7.14. The van der Waals surface area contributed by atoms with Crippen molar-refractivity contribution in [3.05, 3.63) is 12.2 Å². The van der Waals surface area contributed by atoms with Gasteiger partial charge in [0.05, 0.1) is 0 Å². The molecule has 0 spiro atoms. The number of urea groups is 1. The molecule has 8 heteroatoms. The quantitative estimate of drug-likeness (QED) is 0.386. The zero-order valence-electron chi connectivity index (χ0n) is 10.3. The number of nitrogens with two attached hydrogens (primary N) is 1. The third kappa shape index (κ3) is 5.19. The number of hydroxylamine groups is 1. The lowest BCUT2D eigenvalue weighted by Gasteiger charge is -2.12. The molecule has 0 aromatic carbocycles. The van der Waals surface area contributed by atoms with E-state index in [-0.39, 0.29) is 18.2 Å². The van der Waals surface area contributed by atoms with Crippen LogP contribution in [0.4, 0.5) is 4.79 Å². The first-order chi connectivity index (χ1) is 9.00. The van der Waals surface area contributed by atoms with Gasteiger partial charge in [-0.3, -0.25) is 14.5 Å². The van der Waals surface area contributed by atoms with Crippen LogP contribution in [0.1, 0.15) is 25.7 Å². The predicted octanol–water partition coefficient (Wildman–Crippen LogP) is -0.402. The van der Waals surface area contributed by atoms with Crippen molar-refractivity contribution in [1.29, 1.82) is 0 Å². The second-order valence-corrected chi connectivity index (χ2v) is 3.91. The normalized spacial score (nSPS) is 13.8. The van der Waals surface area contributed by atoms with Gasteiger partial charge in [-0.25, -0.2) is 9.59 Å². The summed E-state index contributed by atoms with van der Waals surface area (Å²) in [6.45, 7) is 0.333. The van der Waals surface area contributed by atoms with Gasteiger partial charge in [0.25, 0.3) is 11.8 Å². The van der Waals surface area contributed by atoms with Crippen LogP contribution in [0.3, 0.4) is 0 Å². The molecule has 104 valence electrons. The van der Waals surface area contributed by atoms with Gasteiger partial charge >= 0.3 is 12.0 Å². The summed E-state index contributed by atoms with van der Waals surface area (Å²) >= 11 is 0. The Hall–Kier alpha value is -2.38. The highest BCUT2D eigenvalue weighted by Gasteiger charge is 2.22.